The Hall–Kier alpha value is -0.890. The molecule has 0 bridgehead atoms. The predicted octanol–water partition coefficient (Wildman–Crippen LogP) is 5.02. The number of nitrogens with zero attached hydrogens (tertiary/aromatic N) is 1. The van der Waals surface area contributed by atoms with E-state index < -0.39 is 0 Å². The maximum atomic E-state index is 4.13. The average Bonchev–Trinajstić information content (AvgIpc) is 2.67. The third kappa shape index (κ3) is 5.53. The van der Waals surface area contributed by atoms with E-state index in [1.165, 1.54) is 19.3 Å². The van der Waals surface area contributed by atoms with Crippen LogP contribution in [0.3, 0.4) is 0 Å². The quantitative estimate of drug-likeness (QED) is 0.698. The van der Waals surface area contributed by atoms with Crippen molar-refractivity contribution >= 4 is 23.0 Å². The lowest BCUT2D eigenvalue weighted by Crippen LogP contribution is -1.78. The fourth-order valence-electron chi connectivity index (χ4n) is 1.07. The summed E-state index contributed by atoms with van der Waals surface area (Å²) in [6.45, 7) is 13.8. The molecule has 2 heteroatoms. The van der Waals surface area contributed by atoms with Gasteiger partial charge in [-0.05, 0) is 18.6 Å². The molecule has 84 valence electrons. The SMILES string of the molecule is C=Cc1scnc1C(=C)C.CCCCC. The highest BCUT2D eigenvalue weighted by Gasteiger charge is 2.01. The van der Waals surface area contributed by atoms with E-state index in [9.17, 15) is 0 Å². The molecule has 0 spiro atoms. The summed E-state index contributed by atoms with van der Waals surface area (Å²) in [4.78, 5) is 5.24. The molecule has 0 radical (unpaired) electrons. The second kappa shape index (κ2) is 8.42. The molecule has 1 rings (SSSR count). The van der Waals surface area contributed by atoms with Crippen molar-refractivity contribution in [2.24, 2.45) is 0 Å². The number of rotatable bonds is 4. The van der Waals surface area contributed by atoms with Crippen LogP contribution < -0.4 is 0 Å². The van der Waals surface area contributed by atoms with E-state index in [1.807, 2.05) is 13.0 Å². The van der Waals surface area contributed by atoms with E-state index in [2.05, 4.69) is 32.0 Å². The number of aromatic nitrogens is 1. The molecule has 0 saturated carbocycles. The zero-order chi connectivity index (χ0) is 11.7. The van der Waals surface area contributed by atoms with Crippen LogP contribution in [-0.2, 0) is 0 Å². The zero-order valence-corrected chi connectivity index (χ0v) is 10.9. The van der Waals surface area contributed by atoms with Crippen LogP contribution in [0.2, 0.25) is 0 Å². The first-order chi connectivity index (χ1) is 7.17. The monoisotopic (exact) mass is 223 g/mol. The molecule has 0 unspecified atom stereocenters. The maximum absolute atomic E-state index is 4.13. The van der Waals surface area contributed by atoms with Crippen molar-refractivity contribution < 1.29 is 0 Å². The first-order valence-electron chi connectivity index (χ1n) is 5.39. The fraction of sp³-hybridized carbons (Fsp3) is 0.462. The van der Waals surface area contributed by atoms with Crippen LogP contribution in [0.15, 0.2) is 18.7 Å². The molecule has 0 N–H and O–H groups in total. The van der Waals surface area contributed by atoms with Crippen LogP contribution in [0.25, 0.3) is 11.6 Å². The van der Waals surface area contributed by atoms with Gasteiger partial charge in [-0.25, -0.2) is 4.98 Å². The minimum absolute atomic E-state index is 0.972. The number of allylic oxidation sites excluding steroid dienone is 1. The van der Waals surface area contributed by atoms with Gasteiger partial charge in [-0.1, -0.05) is 46.3 Å². The van der Waals surface area contributed by atoms with Crippen molar-refractivity contribution in [3.05, 3.63) is 29.2 Å². The van der Waals surface area contributed by atoms with Crippen LogP contribution >= 0.6 is 11.3 Å². The summed E-state index contributed by atoms with van der Waals surface area (Å²) in [6.07, 6.45) is 5.88. The molecular weight excluding hydrogens is 202 g/mol. The van der Waals surface area contributed by atoms with Crippen molar-refractivity contribution in [1.29, 1.82) is 0 Å². The highest BCUT2D eigenvalue weighted by atomic mass is 32.1. The average molecular weight is 223 g/mol. The lowest BCUT2D eigenvalue weighted by atomic mass is 10.2. The summed E-state index contributed by atoms with van der Waals surface area (Å²) in [5, 5.41) is 0. The molecule has 0 saturated heterocycles. The van der Waals surface area contributed by atoms with Crippen molar-refractivity contribution in [3.63, 3.8) is 0 Å². The smallest absolute Gasteiger partial charge is 0.0834 e. The van der Waals surface area contributed by atoms with Gasteiger partial charge >= 0.3 is 0 Å². The van der Waals surface area contributed by atoms with Crippen LogP contribution in [-0.4, -0.2) is 4.98 Å². The molecule has 0 aromatic carbocycles. The Labute approximate surface area is 97.6 Å². The molecule has 0 aliphatic rings. The van der Waals surface area contributed by atoms with Gasteiger partial charge in [0.1, 0.15) is 0 Å². The Balaban J connectivity index is 0.000000336. The molecule has 0 aliphatic heterocycles. The molecule has 0 atom stereocenters. The third-order valence-corrected chi connectivity index (χ3v) is 2.72. The first kappa shape index (κ1) is 14.1. The Morgan fingerprint density at radius 3 is 2.33 bits per heavy atom. The Bertz CT molecular complexity index is 297. The number of unbranched alkanes of at least 4 members (excludes halogenated alkanes) is 2. The molecule has 1 aromatic heterocycles. The normalized spacial score (nSPS) is 9.00. The molecule has 0 aliphatic carbocycles. The summed E-state index contributed by atoms with van der Waals surface area (Å²) in [5.41, 5.74) is 3.78. The third-order valence-electron chi connectivity index (χ3n) is 1.89. The van der Waals surface area contributed by atoms with Crippen molar-refractivity contribution in [3.8, 4) is 0 Å². The predicted molar refractivity (Wildman–Crippen MR) is 72.1 cm³/mol. The van der Waals surface area contributed by atoms with Gasteiger partial charge in [0.15, 0.2) is 0 Å². The Morgan fingerprint density at radius 1 is 1.47 bits per heavy atom. The van der Waals surface area contributed by atoms with E-state index in [0.717, 1.165) is 16.1 Å². The fourth-order valence-corrected chi connectivity index (χ4v) is 1.78. The molecule has 1 nitrogen and oxygen atoms in total. The summed E-state index contributed by atoms with van der Waals surface area (Å²) in [5.74, 6) is 0. The topological polar surface area (TPSA) is 12.9 Å². The van der Waals surface area contributed by atoms with Crippen molar-refractivity contribution in [1.82, 2.24) is 4.98 Å². The summed E-state index contributed by atoms with van der Waals surface area (Å²) in [7, 11) is 0. The maximum Gasteiger partial charge on any atom is 0.0834 e. The standard InChI is InChI=1S/C8H9NS.C5H12/c1-4-7-8(6(2)3)9-5-10-7;1-3-5-4-2/h4-5H,1-2H2,3H3;3-5H2,1-2H3. The minimum Gasteiger partial charge on any atom is -0.244 e. The zero-order valence-electron chi connectivity index (χ0n) is 10.0. The van der Waals surface area contributed by atoms with E-state index >= 15 is 0 Å². The van der Waals surface area contributed by atoms with Crippen molar-refractivity contribution in [2.45, 2.75) is 40.0 Å². The van der Waals surface area contributed by atoms with Crippen LogP contribution in [0.1, 0.15) is 50.6 Å². The molecule has 0 amide bonds. The van der Waals surface area contributed by atoms with Gasteiger partial charge in [0.25, 0.3) is 0 Å². The van der Waals surface area contributed by atoms with Crippen LogP contribution in [0, 0.1) is 0 Å². The van der Waals surface area contributed by atoms with E-state index in [1.54, 1.807) is 16.8 Å². The summed E-state index contributed by atoms with van der Waals surface area (Å²) in [6, 6.07) is 0. The van der Waals surface area contributed by atoms with Crippen LogP contribution in [0.4, 0.5) is 0 Å². The molecule has 15 heavy (non-hydrogen) atoms. The highest BCUT2D eigenvalue weighted by molar-refractivity contribution is 7.10. The van der Waals surface area contributed by atoms with Crippen LogP contribution in [0.5, 0.6) is 0 Å². The lowest BCUT2D eigenvalue weighted by molar-refractivity contribution is 0.772. The molecule has 0 fully saturated rings. The summed E-state index contributed by atoms with van der Waals surface area (Å²) < 4.78 is 0. The first-order valence-corrected chi connectivity index (χ1v) is 6.27. The highest BCUT2D eigenvalue weighted by Crippen LogP contribution is 2.20. The second-order valence-electron chi connectivity index (χ2n) is 3.40. The minimum atomic E-state index is 0.972. The van der Waals surface area contributed by atoms with E-state index in [4.69, 9.17) is 0 Å². The largest absolute Gasteiger partial charge is 0.244 e. The van der Waals surface area contributed by atoms with Gasteiger partial charge in [0, 0.05) is 0 Å². The molecular formula is C13H21NS. The molecule has 1 heterocycles. The Kier molecular flexibility index (Phi) is 7.92. The summed E-state index contributed by atoms with van der Waals surface area (Å²) >= 11 is 1.59. The van der Waals surface area contributed by atoms with Gasteiger partial charge in [-0.2, -0.15) is 0 Å². The van der Waals surface area contributed by atoms with Gasteiger partial charge in [0.05, 0.1) is 16.1 Å². The van der Waals surface area contributed by atoms with Gasteiger partial charge < -0.3 is 0 Å². The van der Waals surface area contributed by atoms with E-state index in [0.29, 0.717) is 0 Å². The number of thiazole rings is 1. The van der Waals surface area contributed by atoms with Gasteiger partial charge in [0.2, 0.25) is 0 Å². The van der Waals surface area contributed by atoms with E-state index in [-0.39, 0.29) is 0 Å². The number of hydrogen-bond acceptors (Lipinski definition) is 2. The van der Waals surface area contributed by atoms with Gasteiger partial charge in [-0.3, -0.25) is 0 Å². The lowest BCUT2D eigenvalue weighted by Gasteiger charge is -1.92. The van der Waals surface area contributed by atoms with Gasteiger partial charge in [-0.15, -0.1) is 11.3 Å². The second-order valence-corrected chi connectivity index (χ2v) is 4.29. The molecule has 1 aromatic rings. The number of hydrogen-bond donors (Lipinski definition) is 0. The Morgan fingerprint density at radius 2 is 2.07 bits per heavy atom. The van der Waals surface area contributed by atoms with Crippen molar-refractivity contribution in [2.75, 3.05) is 0 Å².